The molecule has 2 aromatic carbocycles. The maximum absolute atomic E-state index is 12.0. The van der Waals surface area contributed by atoms with Crippen LogP contribution in [0.5, 0.6) is 0 Å². The van der Waals surface area contributed by atoms with Crippen LogP contribution in [0.4, 0.5) is 0 Å². The van der Waals surface area contributed by atoms with E-state index in [0.717, 1.165) is 20.4 Å². The Morgan fingerprint density at radius 2 is 1.75 bits per heavy atom. The van der Waals surface area contributed by atoms with E-state index in [2.05, 4.69) is 15.9 Å². The average Bonchev–Trinajstić information content (AvgIpc) is 2.29. The van der Waals surface area contributed by atoms with Gasteiger partial charge in [-0.3, -0.25) is 0 Å². The van der Waals surface area contributed by atoms with E-state index in [0.29, 0.717) is 5.58 Å². The fourth-order valence-corrected chi connectivity index (χ4v) is 3.69. The second kappa shape index (κ2) is 3.69. The number of benzene rings is 2. The van der Waals surface area contributed by atoms with Gasteiger partial charge in [-0.25, -0.2) is 4.20 Å². The first kappa shape index (κ1) is 10.0. The van der Waals surface area contributed by atoms with E-state index in [-0.39, 0.29) is 0 Å². The SMILES string of the molecule is O=[p+]1oc2ccccc2c2cccc(Br)c21. The standard InChI is InChI=1S/C12H7BrO2P/c13-10-6-3-5-9-8-4-1-2-7-11(8)15-16(14)12(9)10/h1-7H/q+1. The summed E-state index contributed by atoms with van der Waals surface area (Å²) in [6.07, 6.45) is 0. The van der Waals surface area contributed by atoms with Crippen molar-refractivity contribution < 1.29 is 8.76 Å². The third-order valence-electron chi connectivity index (χ3n) is 2.53. The molecule has 3 aromatic rings. The summed E-state index contributed by atoms with van der Waals surface area (Å²) in [5.74, 6) is 0. The van der Waals surface area contributed by atoms with E-state index in [1.165, 1.54) is 0 Å². The quantitative estimate of drug-likeness (QED) is 0.540. The molecule has 2 nitrogen and oxygen atoms in total. The molecule has 0 amide bonds. The molecule has 0 N–H and O–H groups in total. The third-order valence-corrected chi connectivity index (χ3v) is 4.70. The van der Waals surface area contributed by atoms with Gasteiger partial charge in [-0.2, -0.15) is 0 Å². The topological polar surface area (TPSA) is 30.2 Å². The molecular weight excluding hydrogens is 287 g/mol. The van der Waals surface area contributed by atoms with Gasteiger partial charge >= 0.3 is 7.65 Å². The van der Waals surface area contributed by atoms with Gasteiger partial charge in [0.25, 0.3) is 5.12 Å². The fourth-order valence-electron chi connectivity index (χ4n) is 1.82. The predicted molar refractivity (Wildman–Crippen MR) is 69.0 cm³/mol. The van der Waals surface area contributed by atoms with Crippen LogP contribution < -0.4 is 0 Å². The summed E-state index contributed by atoms with van der Waals surface area (Å²) in [6.45, 7) is 0. The van der Waals surface area contributed by atoms with Gasteiger partial charge < -0.3 is 0 Å². The molecule has 1 aromatic heterocycles. The van der Waals surface area contributed by atoms with E-state index < -0.39 is 7.65 Å². The van der Waals surface area contributed by atoms with Crippen molar-refractivity contribution in [1.29, 1.82) is 0 Å². The molecule has 1 heterocycles. The summed E-state index contributed by atoms with van der Waals surface area (Å²) in [4.78, 5) is 0. The lowest BCUT2D eigenvalue weighted by Crippen LogP contribution is -1.75. The highest BCUT2D eigenvalue weighted by Crippen LogP contribution is 2.39. The summed E-state index contributed by atoms with van der Waals surface area (Å²) in [6, 6.07) is 13.4. The van der Waals surface area contributed by atoms with Gasteiger partial charge in [-0.1, -0.05) is 24.3 Å². The number of fused-ring (bicyclic) bond motifs is 3. The summed E-state index contributed by atoms with van der Waals surface area (Å²) in [5, 5.41) is 2.72. The first-order valence-corrected chi connectivity index (χ1v) is 6.77. The molecule has 0 aliphatic heterocycles. The summed E-state index contributed by atoms with van der Waals surface area (Å²) in [7, 11) is -1.81. The summed E-state index contributed by atoms with van der Waals surface area (Å²) >= 11 is 3.41. The van der Waals surface area contributed by atoms with Crippen LogP contribution in [0, 0.1) is 0 Å². The number of para-hydroxylation sites is 1. The average molecular weight is 294 g/mol. The van der Waals surface area contributed by atoms with Gasteiger partial charge in [-0.05, 0) is 38.7 Å². The van der Waals surface area contributed by atoms with Crippen molar-refractivity contribution in [3.05, 3.63) is 46.9 Å². The minimum atomic E-state index is -1.81. The van der Waals surface area contributed by atoms with E-state index in [1.807, 2.05) is 42.5 Å². The van der Waals surface area contributed by atoms with Gasteiger partial charge in [0.15, 0.2) is 5.58 Å². The second-order valence-electron chi connectivity index (χ2n) is 3.48. The number of hydrogen-bond donors (Lipinski definition) is 0. The Morgan fingerprint density at radius 3 is 2.62 bits per heavy atom. The van der Waals surface area contributed by atoms with Gasteiger partial charge in [0, 0.05) is 10.8 Å². The van der Waals surface area contributed by atoms with Crippen molar-refractivity contribution >= 4 is 45.1 Å². The monoisotopic (exact) mass is 293 g/mol. The lowest BCUT2D eigenvalue weighted by molar-refractivity contribution is 0.563. The molecular formula is C12H7BrO2P+. The normalized spacial score (nSPS) is 12.2. The van der Waals surface area contributed by atoms with Crippen LogP contribution in [0.2, 0.25) is 0 Å². The predicted octanol–water partition coefficient (Wildman–Crippen LogP) is 5.09. The maximum atomic E-state index is 12.0. The Kier molecular flexibility index (Phi) is 2.31. The maximum Gasteiger partial charge on any atom is 0.599 e. The first-order chi connectivity index (χ1) is 7.77. The van der Waals surface area contributed by atoms with Crippen molar-refractivity contribution in [2.45, 2.75) is 0 Å². The Bertz CT molecular complexity index is 749. The molecule has 0 aliphatic rings. The van der Waals surface area contributed by atoms with Gasteiger partial charge in [0.05, 0.1) is 4.47 Å². The molecule has 16 heavy (non-hydrogen) atoms. The van der Waals surface area contributed by atoms with Crippen LogP contribution in [0.1, 0.15) is 0 Å². The molecule has 1 unspecified atom stereocenters. The molecule has 0 radical (unpaired) electrons. The largest absolute Gasteiger partial charge is 0.599 e. The van der Waals surface area contributed by atoms with E-state index in [9.17, 15) is 4.57 Å². The van der Waals surface area contributed by atoms with Crippen LogP contribution in [0.15, 0.2) is 51.1 Å². The first-order valence-electron chi connectivity index (χ1n) is 4.80. The van der Waals surface area contributed by atoms with Crippen LogP contribution in [-0.4, -0.2) is 0 Å². The van der Waals surface area contributed by atoms with Crippen LogP contribution in [-0.2, 0) is 4.57 Å². The Labute approximate surface area is 101 Å². The van der Waals surface area contributed by atoms with Gasteiger partial charge in [0.2, 0.25) is 0 Å². The van der Waals surface area contributed by atoms with Crippen molar-refractivity contribution in [3.8, 4) is 0 Å². The van der Waals surface area contributed by atoms with Crippen LogP contribution in [0.3, 0.4) is 0 Å². The smallest absolute Gasteiger partial charge is 0.250 e. The minimum absolute atomic E-state index is 0.689. The van der Waals surface area contributed by atoms with Crippen LogP contribution >= 0.6 is 23.6 Å². The van der Waals surface area contributed by atoms with E-state index >= 15 is 0 Å². The number of rotatable bonds is 0. The Hall–Kier alpha value is -1.18. The van der Waals surface area contributed by atoms with Crippen molar-refractivity contribution in [2.75, 3.05) is 0 Å². The van der Waals surface area contributed by atoms with Gasteiger partial charge in [0.1, 0.15) is 0 Å². The molecule has 4 heteroatoms. The molecule has 0 saturated heterocycles. The Balaban J connectivity index is 2.71. The number of hydrogen-bond acceptors (Lipinski definition) is 2. The van der Waals surface area contributed by atoms with Crippen molar-refractivity contribution in [1.82, 2.24) is 0 Å². The summed E-state index contributed by atoms with van der Waals surface area (Å²) in [5.41, 5.74) is 0.689. The van der Waals surface area contributed by atoms with Crippen molar-refractivity contribution in [2.24, 2.45) is 0 Å². The molecule has 78 valence electrons. The summed E-state index contributed by atoms with van der Waals surface area (Å²) < 4.78 is 18.2. The van der Waals surface area contributed by atoms with Crippen LogP contribution in [0.25, 0.3) is 21.5 Å². The van der Waals surface area contributed by atoms with E-state index in [1.54, 1.807) is 0 Å². The molecule has 0 bridgehead atoms. The highest BCUT2D eigenvalue weighted by molar-refractivity contribution is 9.10. The number of halogens is 1. The molecule has 0 fully saturated rings. The zero-order valence-electron chi connectivity index (χ0n) is 8.18. The highest BCUT2D eigenvalue weighted by atomic mass is 79.9. The Morgan fingerprint density at radius 1 is 1.00 bits per heavy atom. The van der Waals surface area contributed by atoms with Gasteiger partial charge in [-0.15, -0.1) is 0 Å². The molecule has 3 rings (SSSR count). The zero-order valence-corrected chi connectivity index (χ0v) is 10.7. The highest BCUT2D eigenvalue weighted by Gasteiger charge is 2.18. The molecule has 0 spiro atoms. The molecule has 0 aliphatic carbocycles. The third kappa shape index (κ3) is 1.40. The second-order valence-corrected chi connectivity index (χ2v) is 5.48. The van der Waals surface area contributed by atoms with E-state index in [4.69, 9.17) is 4.20 Å². The minimum Gasteiger partial charge on any atom is -0.250 e. The zero-order chi connectivity index (χ0) is 11.1. The van der Waals surface area contributed by atoms with Crippen molar-refractivity contribution in [3.63, 3.8) is 0 Å². The molecule has 0 saturated carbocycles. The molecule has 1 atom stereocenters. The lowest BCUT2D eigenvalue weighted by atomic mass is 10.1. The lowest BCUT2D eigenvalue weighted by Gasteiger charge is -1.96. The fraction of sp³-hybridized carbons (Fsp3) is 0.